The molecule has 0 aromatic heterocycles. The molecule has 19 heavy (non-hydrogen) atoms. The maximum Gasteiger partial charge on any atom is 0.241 e. The summed E-state index contributed by atoms with van der Waals surface area (Å²) in [5, 5.41) is 5.70. The highest BCUT2D eigenvalue weighted by atomic mass is 35.5. The van der Waals surface area contributed by atoms with Gasteiger partial charge >= 0.3 is 0 Å². The number of rotatable bonds is 3. The fourth-order valence-corrected chi connectivity index (χ4v) is 2.38. The maximum atomic E-state index is 13.0. The summed E-state index contributed by atoms with van der Waals surface area (Å²) < 4.78 is 13.0. The topological polar surface area (TPSA) is 41.1 Å². The van der Waals surface area contributed by atoms with E-state index in [9.17, 15) is 9.18 Å². The van der Waals surface area contributed by atoms with E-state index in [4.69, 9.17) is 0 Å². The normalized spacial score (nSPS) is 25.7. The molecule has 1 saturated heterocycles. The molecule has 1 amide bonds. The number of anilines is 1. The molecule has 1 aromatic carbocycles. The Morgan fingerprint density at radius 1 is 1.26 bits per heavy atom. The van der Waals surface area contributed by atoms with Crippen LogP contribution < -0.4 is 10.6 Å². The molecule has 1 saturated carbocycles. The average molecular weight is 285 g/mol. The number of halogens is 2. The van der Waals surface area contributed by atoms with Crippen LogP contribution in [0.5, 0.6) is 0 Å². The molecule has 1 aliphatic heterocycles. The van der Waals surface area contributed by atoms with Crippen molar-refractivity contribution in [1.29, 1.82) is 0 Å². The Balaban J connectivity index is 0.00000133. The van der Waals surface area contributed by atoms with Crippen molar-refractivity contribution < 1.29 is 9.18 Å². The van der Waals surface area contributed by atoms with Crippen molar-refractivity contribution in [2.75, 3.05) is 11.9 Å². The molecule has 0 spiro atoms. The lowest BCUT2D eigenvalue weighted by molar-refractivity contribution is -0.117. The second-order valence-electron chi connectivity index (χ2n) is 5.18. The molecule has 1 heterocycles. The van der Waals surface area contributed by atoms with Gasteiger partial charge in [-0.25, -0.2) is 4.39 Å². The van der Waals surface area contributed by atoms with Crippen LogP contribution in [0.2, 0.25) is 0 Å². The van der Waals surface area contributed by atoms with Crippen LogP contribution in [0, 0.1) is 0 Å². The summed E-state index contributed by atoms with van der Waals surface area (Å²) in [5.74, 6) is 0.577. The van der Waals surface area contributed by atoms with Gasteiger partial charge in [0.25, 0.3) is 0 Å². The zero-order chi connectivity index (χ0) is 12.5. The molecule has 3 rings (SSSR count). The van der Waals surface area contributed by atoms with E-state index >= 15 is 0 Å². The summed E-state index contributed by atoms with van der Waals surface area (Å²) in [5.41, 5.74) is 2.13. The minimum Gasteiger partial charge on any atom is -0.325 e. The van der Waals surface area contributed by atoms with Gasteiger partial charge in [-0.2, -0.15) is 0 Å². The molecular weight excluding hydrogens is 267 g/mol. The van der Waals surface area contributed by atoms with Crippen LogP contribution in [-0.2, 0) is 4.79 Å². The van der Waals surface area contributed by atoms with Crippen molar-refractivity contribution in [1.82, 2.24) is 5.32 Å². The molecule has 0 bridgehead atoms. The second kappa shape index (κ2) is 5.88. The van der Waals surface area contributed by atoms with Crippen LogP contribution in [0.15, 0.2) is 24.3 Å². The first-order chi connectivity index (χ1) is 8.72. The van der Waals surface area contributed by atoms with E-state index in [-0.39, 0.29) is 31.3 Å². The Morgan fingerprint density at radius 2 is 1.95 bits per heavy atom. The van der Waals surface area contributed by atoms with Gasteiger partial charge < -0.3 is 10.6 Å². The van der Waals surface area contributed by atoms with E-state index in [1.54, 1.807) is 0 Å². The monoisotopic (exact) mass is 284 g/mol. The second-order valence-corrected chi connectivity index (χ2v) is 5.18. The van der Waals surface area contributed by atoms with E-state index < -0.39 is 12.2 Å². The van der Waals surface area contributed by atoms with Crippen molar-refractivity contribution in [2.45, 2.75) is 37.4 Å². The van der Waals surface area contributed by atoms with Crippen molar-refractivity contribution >= 4 is 24.0 Å². The van der Waals surface area contributed by atoms with Gasteiger partial charge in [-0.3, -0.25) is 4.79 Å². The van der Waals surface area contributed by atoms with Crippen LogP contribution in [0.4, 0.5) is 10.1 Å². The highest BCUT2D eigenvalue weighted by Gasteiger charge is 2.29. The zero-order valence-corrected chi connectivity index (χ0v) is 11.4. The van der Waals surface area contributed by atoms with Crippen molar-refractivity contribution in [3.63, 3.8) is 0 Å². The summed E-state index contributed by atoms with van der Waals surface area (Å²) >= 11 is 0. The van der Waals surface area contributed by atoms with Crippen molar-refractivity contribution in [3.05, 3.63) is 29.8 Å². The summed E-state index contributed by atoms with van der Waals surface area (Å²) in [6.45, 7) is 0.276. The van der Waals surface area contributed by atoms with E-state index in [1.165, 1.54) is 18.4 Å². The van der Waals surface area contributed by atoms with Crippen LogP contribution in [0.3, 0.4) is 0 Å². The van der Waals surface area contributed by atoms with Crippen molar-refractivity contribution in [2.24, 2.45) is 0 Å². The third kappa shape index (κ3) is 3.45. The predicted octanol–water partition coefficient (Wildman–Crippen LogP) is 2.62. The number of hydrogen-bond acceptors (Lipinski definition) is 2. The van der Waals surface area contributed by atoms with Crippen LogP contribution >= 0.6 is 12.4 Å². The first-order valence-corrected chi connectivity index (χ1v) is 6.50. The van der Waals surface area contributed by atoms with Gasteiger partial charge in [0, 0.05) is 18.7 Å². The molecule has 1 aliphatic carbocycles. The number of hydrogen-bond donors (Lipinski definition) is 2. The molecule has 2 atom stereocenters. The molecule has 5 heteroatoms. The summed E-state index contributed by atoms with van der Waals surface area (Å²) in [4.78, 5) is 11.9. The van der Waals surface area contributed by atoms with Gasteiger partial charge in [-0.05, 0) is 36.5 Å². The predicted molar refractivity (Wildman–Crippen MR) is 75.6 cm³/mol. The lowest BCUT2D eigenvalue weighted by Crippen LogP contribution is -2.35. The number of carbonyl (C=O) groups is 1. The lowest BCUT2D eigenvalue weighted by atomic mass is 10.1. The fraction of sp³-hybridized carbons (Fsp3) is 0.500. The van der Waals surface area contributed by atoms with Crippen molar-refractivity contribution in [3.8, 4) is 0 Å². The highest BCUT2D eigenvalue weighted by Crippen LogP contribution is 2.40. The number of benzene rings is 1. The van der Waals surface area contributed by atoms with E-state index in [1.807, 2.05) is 12.1 Å². The molecule has 104 valence electrons. The van der Waals surface area contributed by atoms with Gasteiger partial charge in [0.2, 0.25) is 5.91 Å². The summed E-state index contributed by atoms with van der Waals surface area (Å²) in [6, 6.07) is 7.57. The van der Waals surface area contributed by atoms with Gasteiger partial charge in [0.15, 0.2) is 0 Å². The van der Waals surface area contributed by atoms with E-state index in [0.29, 0.717) is 0 Å². The lowest BCUT2D eigenvalue weighted by Gasteiger charge is -2.11. The number of amides is 1. The first-order valence-electron chi connectivity index (χ1n) is 6.50. The zero-order valence-electron chi connectivity index (χ0n) is 10.6. The Bertz CT molecular complexity index is 447. The van der Waals surface area contributed by atoms with Gasteiger partial charge in [0.1, 0.15) is 6.17 Å². The summed E-state index contributed by atoms with van der Waals surface area (Å²) in [7, 11) is 0. The number of carbonyl (C=O) groups excluding carboxylic acids is 1. The van der Waals surface area contributed by atoms with Crippen LogP contribution in [0.25, 0.3) is 0 Å². The third-order valence-electron chi connectivity index (χ3n) is 3.62. The maximum absolute atomic E-state index is 13.0. The van der Waals surface area contributed by atoms with Crippen LogP contribution in [-0.4, -0.2) is 24.7 Å². The van der Waals surface area contributed by atoms with E-state index in [0.717, 1.165) is 11.6 Å². The van der Waals surface area contributed by atoms with Gasteiger partial charge in [-0.15, -0.1) is 12.4 Å². The molecule has 2 aliphatic rings. The van der Waals surface area contributed by atoms with E-state index in [2.05, 4.69) is 22.8 Å². The SMILES string of the molecule is Cl.O=C(Nc1ccc(C2CC2)cc1)[C@H]1C[C@@H](F)CN1. The summed E-state index contributed by atoms with van der Waals surface area (Å²) in [6.07, 6.45) is 1.91. The fourth-order valence-electron chi connectivity index (χ4n) is 2.38. The Labute approximate surface area is 118 Å². The Kier molecular flexibility index (Phi) is 4.42. The molecule has 0 radical (unpaired) electrons. The molecule has 0 unspecified atom stereocenters. The molecule has 2 fully saturated rings. The number of alkyl halides is 1. The Morgan fingerprint density at radius 3 is 2.47 bits per heavy atom. The standard InChI is InChI=1S/C14H17FN2O.ClH/c15-11-7-13(16-8-11)14(18)17-12-5-3-10(4-6-12)9-1-2-9;/h3-6,9,11,13,16H,1-2,7-8H2,(H,17,18);1H/t11-,13-;/m1./s1. The highest BCUT2D eigenvalue weighted by molar-refractivity contribution is 5.95. The Hall–Kier alpha value is -1.13. The quantitative estimate of drug-likeness (QED) is 0.896. The molecule has 1 aromatic rings. The largest absolute Gasteiger partial charge is 0.325 e. The number of nitrogens with one attached hydrogen (secondary N) is 2. The van der Waals surface area contributed by atoms with Crippen LogP contribution in [0.1, 0.15) is 30.7 Å². The smallest absolute Gasteiger partial charge is 0.241 e. The molecular formula is C14H18ClFN2O. The minimum absolute atomic E-state index is 0. The molecule has 2 N–H and O–H groups in total. The minimum atomic E-state index is -0.905. The van der Waals surface area contributed by atoms with Gasteiger partial charge in [0.05, 0.1) is 6.04 Å². The van der Waals surface area contributed by atoms with Gasteiger partial charge in [-0.1, -0.05) is 12.1 Å². The molecule has 3 nitrogen and oxygen atoms in total. The third-order valence-corrected chi connectivity index (χ3v) is 3.62. The first kappa shape index (κ1) is 14.3. The average Bonchev–Trinajstić information content (AvgIpc) is 3.12.